The number of pyridine rings is 1. The number of esters is 1. The summed E-state index contributed by atoms with van der Waals surface area (Å²) in [5.74, 6) is 0.353. The molecule has 2 aromatic heterocycles. The zero-order valence-electron chi connectivity index (χ0n) is 14.0. The lowest BCUT2D eigenvalue weighted by Crippen LogP contribution is -2.11. The van der Waals surface area contributed by atoms with Gasteiger partial charge in [0.05, 0.1) is 11.9 Å². The first-order valence-electron chi connectivity index (χ1n) is 7.97. The van der Waals surface area contributed by atoms with Crippen molar-refractivity contribution in [2.24, 2.45) is 0 Å². The lowest BCUT2D eigenvalue weighted by atomic mass is 10.1. The lowest BCUT2D eigenvalue weighted by Gasteiger charge is -2.12. The number of halogens is 1. The van der Waals surface area contributed by atoms with Crippen LogP contribution in [0.15, 0.2) is 54.9 Å². The van der Waals surface area contributed by atoms with Gasteiger partial charge in [0.15, 0.2) is 5.82 Å². The van der Waals surface area contributed by atoms with Gasteiger partial charge in [-0.25, -0.2) is 14.5 Å². The van der Waals surface area contributed by atoms with Gasteiger partial charge in [0.2, 0.25) is 0 Å². The van der Waals surface area contributed by atoms with E-state index >= 15 is 0 Å². The first-order chi connectivity index (χ1) is 12.1. The van der Waals surface area contributed by atoms with E-state index in [2.05, 4.69) is 10.1 Å². The molecular weight excluding hydrogens is 338 g/mol. The van der Waals surface area contributed by atoms with E-state index in [4.69, 9.17) is 16.3 Å². The number of hydrogen-bond acceptors (Lipinski definition) is 4. The molecule has 0 spiro atoms. The van der Waals surface area contributed by atoms with Crippen molar-refractivity contribution in [3.8, 4) is 5.82 Å². The Morgan fingerprint density at radius 1 is 1.20 bits per heavy atom. The molecule has 128 valence electrons. The fourth-order valence-corrected chi connectivity index (χ4v) is 2.67. The quantitative estimate of drug-likeness (QED) is 0.636. The second-order valence-electron chi connectivity index (χ2n) is 5.90. The van der Waals surface area contributed by atoms with Crippen LogP contribution in [0.3, 0.4) is 0 Å². The number of benzene rings is 1. The molecule has 0 fully saturated rings. The molecular formula is C19H18ClN3O2. The summed E-state index contributed by atoms with van der Waals surface area (Å²) in [6.07, 6.45) is 3.23. The molecule has 1 aromatic carbocycles. The standard InChI is InChI=1S/C19H18ClN3O2/c1-13(2)18-16(11-22-23(18)17-5-3-4-10-21-17)19(24)25-12-14-6-8-15(20)9-7-14/h3-11,13H,12H2,1-2H3. The minimum Gasteiger partial charge on any atom is -0.457 e. The summed E-state index contributed by atoms with van der Waals surface area (Å²) in [4.78, 5) is 16.8. The van der Waals surface area contributed by atoms with Gasteiger partial charge in [0.1, 0.15) is 12.2 Å². The Bertz CT molecular complexity index is 858. The smallest absolute Gasteiger partial charge is 0.341 e. The van der Waals surface area contributed by atoms with Crippen molar-refractivity contribution in [1.29, 1.82) is 0 Å². The fourth-order valence-electron chi connectivity index (χ4n) is 2.54. The minimum absolute atomic E-state index is 0.0857. The van der Waals surface area contributed by atoms with Crippen molar-refractivity contribution >= 4 is 17.6 Å². The molecule has 0 aliphatic rings. The maximum atomic E-state index is 12.5. The van der Waals surface area contributed by atoms with Gasteiger partial charge in [-0.3, -0.25) is 0 Å². The molecule has 3 rings (SSSR count). The topological polar surface area (TPSA) is 57.0 Å². The summed E-state index contributed by atoms with van der Waals surface area (Å²) in [5.41, 5.74) is 2.11. The van der Waals surface area contributed by atoms with E-state index in [0.29, 0.717) is 16.4 Å². The molecule has 0 N–H and O–H groups in total. The summed E-state index contributed by atoms with van der Waals surface area (Å²) >= 11 is 5.86. The van der Waals surface area contributed by atoms with Gasteiger partial charge in [-0.1, -0.05) is 43.6 Å². The van der Waals surface area contributed by atoms with Gasteiger partial charge in [0.25, 0.3) is 0 Å². The molecule has 5 nitrogen and oxygen atoms in total. The van der Waals surface area contributed by atoms with Gasteiger partial charge in [0, 0.05) is 11.2 Å². The summed E-state index contributed by atoms with van der Waals surface area (Å²) in [6.45, 7) is 4.20. The molecule has 0 aliphatic carbocycles. The van der Waals surface area contributed by atoms with Gasteiger partial charge in [-0.05, 0) is 35.7 Å². The summed E-state index contributed by atoms with van der Waals surface area (Å²) in [7, 11) is 0. The molecule has 0 radical (unpaired) electrons. The number of hydrogen-bond donors (Lipinski definition) is 0. The molecule has 0 aliphatic heterocycles. The van der Waals surface area contributed by atoms with Crippen molar-refractivity contribution < 1.29 is 9.53 Å². The third kappa shape index (κ3) is 3.88. The van der Waals surface area contributed by atoms with Crippen LogP contribution in [-0.2, 0) is 11.3 Å². The van der Waals surface area contributed by atoms with Gasteiger partial charge in [-0.2, -0.15) is 5.10 Å². The van der Waals surface area contributed by atoms with E-state index in [9.17, 15) is 4.79 Å². The number of aromatic nitrogens is 3. The highest BCUT2D eigenvalue weighted by Gasteiger charge is 2.22. The normalized spacial score (nSPS) is 10.9. The Balaban J connectivity index is 1.83. The van der Waals surface area contributed by atoms with Crippen LogP contribution < -0.4 is 0 Å². The first-order valence-corrected chi connectivity index (χ1v) is 8.35. The number of rotatable bonds is 5. The summed E-state index contributed by atoms with van der Waals surface area (Å²) in [5, 5.41) is 4.98. The fraction of sp³-hybridized carbons (Fsp3) is 0.211. The van der Waals surface area contributed by atoms with Crippen molar-refractivity contribution in [2.75, 3.05) is 0 Å². The molecule has 0 bridgehead atoms. The minimum atomic E-state index is -0.402. The molecule has 0 unspecified atom stereocenters. The van der Waals surface area contributed by atoms with Gasteiger partial charge >= 0.3 is 5.97 Å². The van der Waals surface area contributed by atoms with Crippen LogP contribution in [-0.4, -0.2) is 20.7 Å². The Hall–Kier alpha value is -2.66. The zero-order valence-corrected chi connectivity index (χ0v) is 14.8. The van der Waals surface area contributed by atoms with E-state index in [1.807, 2.05) is 44.2 Å². The van der Waals surface area contributed by atoms with E-state index in [1.54, 1.807) is 23.0 Å². The second-order valence-corrected chi connectivity index (χ2v) is 6.34. The largest absolute Gasteiger partial charge is 0.457 e. The SMILES string of the molecule is CC(C)c1c(C(=O)OCc2ccc(Cl)cc2)cnn1-c1ccccn1. The zero-order chi connectivity index (χ0) is 17.8. The van der Waals surface area contributed by atoms with Crippen molar-refractivity contribution in [1.82, 2.24) is 14.8 Å². The summed E-state index contributed by atoms with van der Waals surface area (Å²) in [6, 6.07) is 12.8. The number of ether oxygens (including phenoxy) is 1. The predicted molar refractivity (Wildman–Crippen MR) is 96.0 cm³/mol. The maximum absolute atomic E-state index is 12.5. The van der Waals surface area contributed by atoms with Crippen LogP contribution in [0.4, 0.5) is 0 Å². The highest BCUT2D eigenvalue weighted by Crippen LogP contribution is 2.23. The van der Waals surface area contributed by atoms with Gasteiger partial charge < -0.3 is 4.74 Å². The highest BCUT2D eigenvalue weighted by atomic mass is 35.5. The maximum Gasteiger partial charge on any atom is 0.341 e. The third-order valence-corrected chi connectivity index (χ3v) is 3.97. The Morgan fingerprint density at radius 3 is 2.60 bits per heavy atom. The average Bonchev–Trinajstić information content (AvgIpc) is 3.07. The van der Waals surface area contributed by atoms with Crippen molar-refractivity contribution in [2.45, 2.75) is 26.4 Å². The van der Waals surface area contributed by atoms with E-state index in [1.165, 1.54) is 6.20 Å². The van der Waals surface area contributed by atoms with Crippen LogP contribution in [0.25, 0.3) is 5.82 Å². The monoisotopic (exact) mass is 355 g/mol. The van der Waals surface area contributed by atoms with Gasteiger partial charge in [-0.15, -0.1) is 0 Å². The lowest BCUT2D eigenvalue weighted by molar-refractivity contribution is 0.0471. The van der Waals surface area contributed by atoms with Crippen molar-refractivity contribution in [3.63, 3.8) is 0 Å². The summed E-state index contributed by atoms with van der Waals surface area (Å²) < 4.78 is 7.12. The van der Waals surface area contributed by atoms with Crippen LogP contribution >= 0.6 is 11.6 Å². The first kappa shape index (κ1) is 17.2. The predicted octanol–water partition coefficient (Wildman–Crippen LogP) is 4.40. The van der Waals surface area contributed by atoms with E-state index in [0.717, 1.165) is 11.3 Å². The molecule has 25 heavy (non-hydrogen) atoms. The number of nitrogens with zero attached hydrogens (tertiary/aromatic N) is 3. The van der Waals surface area contributed by atoms with Crippen LogP contribution in [0.1, 0.15) is 41.4 Å². The molecule has 0 amide bonds. The molecule has 6 heteroatoms. The average molecular weight is 356 g/mol. The Labute approximate surface area is 151 Å². The van der Waals surface area contributed by atoms with E-state index in [-0.39, 0.29) is 12.5 Å². The number of carbonyl (C=O) groups excluding carboxylic acids is 1. The van der Waals surface area contributed by atoms with Crippen LogP contribution in [0.5, 0.6) is 0 Å². The molecule has 2 heterocycles. The third-order valence-electron chi connectivity index (χ3n) is 3.72. The number of carbonyl (C=O) groups is 1. The Kier molecular flexibility index (Phi) is 5.14. The molecule has 0 atom stereocenters. The molecule has 0 saturated carbocycles. The van der Waals surface area contributed by atoms with E-state index < -0.39 is 5.97 Å². The second kappa shape index (κ2) is 7.49. The van der Waals surface area contributed by atoms with Crippen LogP contribution in [0.2, 0.25) is 5.02 Å². The highest BCUT2D eigenvalue weighted by molar-refractivity contribution is 6.30. The Morgan fingerprint density at radius 2 is 1.96 bits per heavy atom. The molecule has 3 aromatic rings. The molecule has 0 saturated heterocycles. The van der Waals surface area contributed by atoms with Crippen LogP contribution in [0, 0.1) is 0 Å². The van der Waals surface area contributed by atoms with Crippen molar-refractivity contribution in [3.05, 3.63) is 76.7 Å².